The number of hydrogen-bond acceptors (Lipinski definition) is 3. The second-order valence-electron chi connectivity index (χ2n) is 3.03. The van der Waals surface area contributed by atoms with Gasteiger partial charge in [-0.1, -0.05) is 6.07 Å². The first-order chi connectivity index (χ1) is 7.79. The summed E-state index contributed by atoms with van der Waals surface area (Å²) in [6.07, 6.45) is 3.37. The number of ether oxygens (including phenoxy) is 1. The molecule has 0 aromatic carbocycles. The maximum atomic E-state index is 5.67. The van der Waals surface area contributed by atoms with Crippen molar-refractivity contribution in [2.24, 2.45) is 0 Å². The molecule has 0 saturated heterocycles. The van der Waals surface area contributed by atoms with E-state index in [1.807, 2.05) is 12.1 Å². The Hall–Kier alpha value is -1.13. The minimum atomic E-state index is 0.448. The van der Waals surface area contributed by atoms with Crippen LogP contribution in [0.15, 0.2) is 41.3 Å². The standard InChI is InChI=1S/C11H8BrClN2O/c12-11-9(2-1-5-14-11)16-10-4-3-8(6-13)7-15-10/h1-5,7H,6H2. The molecule has 0 N–H and O–H groups in total. The molecule has 0 aliphatic heterocycles. The molecular formula is C11H8BrClN2O. The second kappa shape index (κ2) is 5.27. The predicted molar refractivity (Wildman–Crippen MR) is 65.8 cm³/mol. The van der Waals surface area contributed by atoms with E-state index in [0.29, 0.717) is 22.1 Å². The van der Waals surface area contributed by atoms with Crippen LogP contribution in [0.1, 0.15) is 5.56 Å². The normalized spacial score (nSPS) is 10.1. The summed E-state index contributed by atoms with van der Waals surface area (Å²) in [5.41, 5.74) is 0.958. The van der Waals surface area contributed by atoms with E-state index in [-0.39, 0.29) is 0 Å². The van der Waals surface area contributed by atoms with Crippen LogP contribution < -0.4 is 4.74 Å². The lowest BCUT2D eigenvalue weighted by molar-refractivity contribution is 0.457. The van der Waals surface area contributed by atoms with Crippen molar-refractivity contribution in [3.8, 4) is 11.6 Å². The Morgan fingerprint density at radius 2 is 2.12 bits per heavy atom. The van der Waals surface area contributed by atoms with Crippen molar-refractivity contribution in [1.82, 2.24) is 9.97 Å². The van der Waals surface area contributed by atoms with Crippen LogP contribution in [0, 0.1) is 0 Å². The van der Waals surface area contributed by atoms with Gasteiger partial charge in [-0.05, 0) is 33.6 Å². The zero-order valence-corrected chi connectivity index (χ0v) is 10.6. The van der Waals surface area contributed by atoms with Crippen LogP contribution in [0.5, 0.6) is 11.6 Å². The van der Waals surface area contributed by atoms with Crippen molar-refractivity contribution in [3.63, 3.8) is 0 Å². The maximum Gasteiger partial charge on any atom is 0.219 e. The molecular weight excluding hydrogens is 291 g/mol. The van der Waals surface area contributed by atoms with Crippen molar-refractivity contribution >= 4 is 27.5 Å². The van der Waals surface area contributed by atoms with E-state index in [2.05, 4.69) is 25.9 Å². The number of aromatic nitrogens is 2. The van der Waals surface area contributed by atoms with Gasteiger partial charge >= 0.3 is 0 Å². The molecule has 0 saturated carbocycles. The van der Waals surface area contributed by atoms with Crippen LogP contribution in [-0.4, -0.2) is 9.97 Å². The molecule has 2 aromatic heterocycles. The fourth-order valence-electron chi connectivity index (χ4n) is 1.11. The molecule has 5 heteroatoms. The van der Waals surface area contributed by atoms with E-state index < -0.39 is 0 Å². The molecule has 2 aromatic rings. The highest BCUT2D eigenvalue weighted by Crippen LogP contribution is 2.26. The molecule has 3 nitrogen and oxygen atoms in total. The molecule has 0 radical (unpaired) electrons. The van der Waals surface area contributed by atoms with Gasteiger partial charge in [0.15, 0.2) is 5.75 Å². The first kappa shape index (κ1) is 11.4. The van der Waals surface area contributed by atoms with Gasteiger partial charge in [0.2, 0.25) is 5.88 Å². The minimum Gasteiger partial charge on any atom is -0.436 e. The lowest BCUT2D eigenvalue weighted by atomic mass is 10.3. The van der Waals surface area contributed by atoms with E-state index in [4.69, 9.17) is 16.3 Å². The SMILES string of the molecule is ClCc1ccc(Oc2cccnc2Br)nc1. The fourth-order valence-corrected chi connectivity index (χ4v) is 1.60. The van der Waals surface area contributed by atoms with Crippen LogP contribution in [0.4, 0.5) is 0 Å². The van der Waals surface area contributed by atoms with Gasteiger partial charge in [-0.2, -0.15) is 0 Å². The Kier molecular flexibility index (Phi) is 3.74. The monoisotopic (exact) mass is 298 g/mol. The maximum absolute atomic E-state index is 5.67. The quantitative estimate of drug-likeness (QED) is 0.639. The largest absolute Gasteiger partial charge is 0.436 e. The second-order valence-corrected chi connectivity index (χ2v) is 4.05. The number of nitrogens with zero attached hydrogens (tertiary/aromatic N) is 2. The third kappa shape index (κ3) is 2.71. The molecule has 0 aliphatic rings. The number of rotatable bonds is 3. The predicted octanol–water partition coefficient (Wildman–Crippen LogP) is 3.77. The molecule has 0 unspecified atom stereocenters. The van der Waals surface area contributed by atoms with Gasteiger partial charge in [0.1, 0.15) is 4.60 Å². The third-order valence-corrected chi connectivity index (χ3v) is 2.80. The van der Waals surface area contributed by atoms with Crippen LogP contribution in [0.2, 0.25) is 0 Å². The summed E-state index contributed by atoms with van der Waals surface area (Å²) >= 11 is 8.96. The van der Waals surface area contributed by atoms with Gasteiger partial charge in [0.25, 0.3) is 0 Å². The van der Waals surface area contributed by atoms with Gasteiger partial charge < -0.3 is 4.74 Å². The van der Waals surface area contributed by atoms with Gasteiger partial charge in [-0.25, -0.2) is 9.97 Å². The van der Waals surface area contributed by atoms with Crippen LogP contribution in [0.25, 0.3) is 0 Å². The smallest absolute Gasteiger partial charge is 0.219 e. The van der Waals surface area contributed by atoms with Crippen molar-refractivity contribution in [1.29, 1.82) is 0 Å². The molecule has 0 amide bonds. The topological polar surface area (TPSA) is 35.0 Å². The fraction of sp³-hybridized carbons (Fsp3) is 0.0909. The molecule has 0 fully saturated rings. The first-order valence-electron chi connectivity index (χ1n) is 4.59. The average Bonchev–Trinajstić information content (AvgIpc) is 2.33. The summed E-state index contributed by atoms with van der Waals surface area (Å²) in [7, 11) is 0. The summed E-state index contributed by atoms with van der Waals surface area (Å²) in [6, 6.07) is 7.26. The summed E-state index contributed by atoms with van der Waals surface area (Å²) in [6.45, 7) is 0. The Morgan fingerprint density at radius 1 is 1.25 bits per heavy atom. The van der Waals surface area contributed by atoms with Crippen LogP contribution in [0.3, 0.4) is 0 Å². The van der Waals surface area contributed by atoms with Crippen molar-refractivity contribution in [2.45, 2.75) is 5.88 Å². The Bertz CT molecular complexity index is 476. The van der Waals surface area contributed by atoms with Gasteiger partial charge in [0.05, 0.1) is 0 Å². The number of halogens is 2. The van der Waals surface area contributed by atoms with Crippen LogP contribution >= 0.6 is 27.5 Å². The van der Waals surface area contributed by atoms with Crippen molar-refractivity contribution in [3.05, 3.63) is 46.8 Å². The highest BCUT2D eigenvalue weighted by molar-refractivity contribution is 9.10. The first-order valence-corrected chi connectivity index (χ1v) is 5.91. The zero-order chi connectivity index (χ0) is 11.4. The molecule has 0 atom stereocenters. The van der Waals surface area contributed by atoms with Crippen molar-refractivity contribution < 1.29 is 4.74 Å². The number of pyridine rings is 2. The zero-order valence-electron chi connectivity index (χ0n) is 8.23. The molecule has 2 heterocycles. The molecule has 2 rings (SSSR count). The summed E-state index contributed by atoms with van der Waals surface area (Å²) in [4.78, 5) is 8.18. The third-order valence-electron chi connectivity index (χ3n) is 1.89. The summed E-state index contributed by atoms with van der Waals surface area (Å²) in [5.74, 6) is 1.60. The van der Waals surface area contributed by atoms with Crippen LogP contribution in [-0.2, 0) is 5.88 Å². The van der Waals surface area contributed by atoms with E-state index in [1.165, 1.54) is 0 Å². The molecule has 82 valence electrons. The van der Waals surface area contributed by atoms with Crippen molar-refractivity contribution in [2.75, 3.05) is 0 Å². The molecule has 16 heavy (non-hydrogen) atoms. The minimum absolute atomic E-state index is 0.448. The van der Waals surface area contributed by atoms with E-state index in [1.54, 1.807) is 24.5 Å². The molecule has 0 bridgehead atoms. The van der Waals surface area contributed by atoms with Gasteiger partial charge in [-0.3, -0.25) is 0 Å². The Morgan fingerprint density at radius 3 is 2.75 bits per heavy atom. The lowest BCUT2D eigenvalue weighted by Gasteiger charge is -2.05. The lowest BCUT2D eigenvalue weighted by Crippen LogP contribution is -1.90. The highest BCUT2D eigenvalue weighted by Gasteiger charge is 2.03. The average molecular weight is 300 g/mol. The van der Waals surface area contributed by atoms with Gasteiger partial charge in [0, 0.05) is 24.3 Å². The molecule has 0 aliphatic carbocycles. The van der Waals surface area contributed by atoms with E-state index in [9.17, 15) is 0 Å². The Labute approximate surface area is 107 Å². The Balaban J connectivity index is 2.18. The van der Waals surface area contributed by atoms with Gasteiger partial charge in [-0.15, -0.1) is 11.6 Å². The van der Waals surface area contributed by atoms with E-state index in [0.717, 1.165) is 5.56 Å². The number of alkyl halides is 1. The summed E-state index contributed by atoms with van der Waals surface area (Å²) in [5, 5.41) is 0. The van der Waals surface area contributed by atoms with E-state index >= 15 is 0 Å². The highest BCUT2D eigenvalue weighted by atomic mass is 79.9. The summed E-state index contributed by atoms with van der Waals surface area (Å²) < 4.78 is 6.20. The molecule has 0 spiro atoms. The number of hydrogen-bond donors (Lipinski definition) is 0.